The summed E-state index contributed by atoms with van der Waals surface area (Å²) in [5, 5.41) is 6.75. The average molecular weight is 240 g/mol. The van der Waals surface area contributed by atoms with E-state index in [4.69, 9.17) is 17.3 Å². The molecule has 3 N–H and O–H groups in total. The second-order valence-electron chi connectivity index (χ2n) is 2.98. The van der Waals surface area contributed by atoms with Gasteiger partial charge in [0.2, 0.25) is 0 Å². The van der Waals surface area contributed by atoms with Crippen LogP contribution in [0.15, 0.2) is 29.8 Å². The Kier molecular flexibility index (Phi) is 3.08. The molecular formula is C10H10ClN3S. The quantitative estimate of drug-likeness (QED) is 0.810. The summed E-state index contributed by atoms with van der Waals surface area (Å²) in [5.74, 6) is 0. The molecule has 3 nitrogen and oxygen atoms in total. The molecule has 5 heteroatoms. The van der Waals surface area contributed by atoms with Crippen LogP contribution in [-0.2, 0) is 6.54 Å². The SMILES string of the molecule is Nc1cccc(Cl)c1NCc1nccs1. The second kappa shape index (κ2) is 4.51. The zero-order valence-corrected chi connectivity index (χ0v) is 9.48. The molecule has 0 radical (unpaired) electrons. The van der Waals surface area contributed by atoms with E-state index in [0.717, 1.165) is 10.7 Å². The zero-order valence-electron chi connectivity index (χ0n) is 7.90. The molecule has 0 atom stereocenters. The van der Waals surface area contributed by atoms with Gasteiger partial charge in [-0.1, -0.05) is 17.7 Å². The van der Waals surface area contributed by atoms with Gasteiger partial charge >= 0.3 is 0 Å². The maximum Gasteiger partial charge on any atom is 0.112 e. The minimum Gasteiger partial charge on any atom is -0.397 e. The van der Waals surface area contributed by atoms with Crippen LogP contribution < -0.4 is 11.1 Å². The first-order valence-electron chi connectivity index (χ1n) is 4.43. The first-order chi connectivity index (χ1) is 7.27. The number of para-hydroxylation sites is 1. The predicted molar refractivity (Wildman–Crippen MR) is 65.3 cm³/mol. The Morgan fingerprint density at radius 1 is 1.47 bits per heavy atom. The Morgan fingerprint density at radius 2 is 2.33 bits per heavy atom. The maximum atomic E-state index is 6.01. The largest absolute Gasteiger partial charge is 0.397 e. The molecule has 0 saturated heterocycles. The Bertz CT molecular complexity index is 422. The molecule has 1 heterocycles. The average Bonchev–Trinajstić information content (AvgIpc) is 2.70. The number of anilines is 2. The van der Waals surface area contributed by atoms with Crippen molar-refractivity contribution in [3.8, 4) is 0 Å². The van der Waals surface area contributed by atoms with E-state index < -0.39 is 0 Å². The van der Waals surface area contributed by atoms with Crippen molar-refractivity contribution in [3.05, 3.63) is 39.8 Å². The first-order valence-corrected chi connectivity index (χ1v) is 5.69. The summed E-state index contributed by atoms with van der Waals surface area (Å²) in [7, 11) is 0. The molecule has 0 aliphatic carbocycles. The second-order valence-corrected chi connectivity index (χ2v) is 4.37. The molecule has 15 heavy (non-hydrogen) atoms. The number of aromatic nitrogens is 1. The van der Waals surface area contributed by atoms with Crippen LogP contribution in [0.2, 0.25) is 5.02 Å². The first kappa shape index (κ1) is 10.3. The van der Waals surface area contributed by atoms with Gasteiger partial charge in [-0.25, -0.2) is 4.98 Å². The van der Waals surface area contributed by atoms with E-state index in [-0.39, 0.29) is 0 Å². The summed E-state index contributed by atoms with van der Waals surface area (Å²) >= 11 is 7.61. The third kappa shape index (κ3) is 2.40. The van der Waals surface area contributed by atoms with Crippen molar-refractivity contribution >= 4 is 34.3 Å². The third-order valence-corrected chi connectivity index (χ3v) is 3.04. The number of nitrogens with one attached hydrogen (secondary N) is 1. The van der Waals surface area contributed by atoms with Crippen LogP contribution in [0.3, 0.4) is 0 Å². The highest BCUT2D eigenvalue weighted by Crippen LogP contribution is 2.28. The van der Waals surface area contributed by atoms with Gasteiger partial charge in [-0.05, 0) is 12.1 Å². The van der Waals surface area contributed by atoms with Crippen molar-refractivity contribution in [1.82, 2.24) is 4.98 Å². The van der Waals surface area contributed by atoms with Crippen LogP contribution in [0.25, 0.3) is 0 Å². The standard InChI is InChI=1S/C10H10ClN3S/c11-7-2-1-3-8(12)10(7)14-6-9-13-4-5-15-9/h1-5,14H,6,12H2. The van der Waals surface area contributed by atoms with Crippen molar-refractivity contribution < 1.29 is 0 Å². The van der Waals surface area contributed by atoms with Crippen molar-refractivity contribution in [2.45, 2.75) is 6.54 Å². The van der Waals surface area contributed by atoms with Crippen LogP contribution in [-0.4, -0.2) is 4.98 Å². The number of halogens is 1. The fourth-order valence-electron chi connectivity index (χ4n) is 1.23. The van der Waals surface area contributed by atoms with Crippen LogP contribution in [0.1, 0.15) is 5.01 Å². The van der Waals surface area contributed by atoms with E-state index in [0.29, 0.717) is 17.3 Å². The number of benzene rings is 1. The molecule has 0 aliphatic rings. The highest BCUT2D eigenvalue weighted by molar-refractivity contribution is 7.09. The molecule has 0 fully saturated rings. The number of nitrogen functional groups attached to an aromatic ring is 1. The lowest BCUT2D eigenvalue weighted by molar-refractivity contribution is 1.10. The number of thiazole rings is 1. The summed E-state index contributed by atoms with van der Waals surface area (Å²) in [5.41, 5.74) is 7.22. The van der Waals surface area contributed by atoms with Crippen LogP contribution in [0.4, 0.5) is 11.4 Å². The van der Waals surface area contributed by atoms with Crippen LogP contribution in [0, 0.1) is 0 Å². The molecule has 0 unspecified atom stereocenters. The van der Waals surface area contributed by atoms with Crippen LogP contribution >= 0.6 is 22.9 Å². The highest BCUT2D eigenvalue weighted by Gasteiger charge is 2.04. The molecule has 2 rings (SSSR count). The molecule has 78 valence electrons. The van der Waals surface area contributed by atoms with E-state index in [2.05, 4.69) is 10.3 Å². The number of hydrogen-bond acceptors (Lipinski definition) is 4. The van der Waals surface area contributed by atoms with E-state index in [1.807, 2.05) is 23.6 Å². The van der Waals surface area contributed by atoms with Gasteiger partial charge in [0.1, 0.15) is 5.01 Å². The van der Waals surface area contributed by atoms with Gasteiger partial charge in [0, 0.05) is 11.6 Å². The van der Waals surface area contributed by atoms with Gasteiger partial charge in [-0.3, -0.25) is 0 Å². The van der Waals surface area contributed by atoms with E-state index >= 15 is 0 Å². The van der Waals surface area contributed by atoms with Gasteiger partial charge in [-0.2, -0.15) is 0 Å². The molecule has 1 aromatic heterocycles. The Hall–Kier alpha value is -1.26. The van der Waals surface area contributed by atoms with E-state index in [9.17, 15) is 0 Å². The molecule has 1 aromatic carbocycles. The predicted octanol–water partition coefficient (Wildman–Crippen LogP) is 2.99. The highest BCUT2D eigenvalue weighted by atomic mass is 35.5. The lowest BCUT2D eigenvalue weighted by atomic mass is 10.2. The molecule has 0 spiro atoms. The smallest absolute Gasteiger partial charge is 0.112 e. The minimum atomic E-state index is 0.631. The Labute approximate surface area is 96.9 Å². The molecule has 0 amide bonds. The fourth-order valence-corrected chi connectivity index (χ4v) is 2.04. The van der Waals surface area contributed by atoms with E-state index in [1.165, 1.54) is 0 Å². The topological polar surface area (TPSA) is 50.9 Å². The van der Waals surface area contributed by atoms with Crippen LogP contribution in [0.5, 0.6) is 0 Å². The maximum absolute atomic E-state index is 6.01. The van der Waals surface area contributed by atoms with Crippen molar-refractivity contribution in [1.29, 1.82) is 0 Å². The third-order valence-electron chi connectivity index (χ3n) is 1.95. The summed E-state index contributed by atoms with van der Waals surface area (Å²) in [6.07, 6.45) is 1.78. The zero-order chi connectivity index (χ0) is 10.7. The number of hydrogen-bond donors (Lipinski definition) is 2. The monoisotopic (exact) mass is 239 g/mol. The number of nitrogens with two attached hydrogens (primary N) is 1. The number of rotatable bonds is 3. The summed E-state index contributed by atoms with van der Waals surface area (Å²) in [6.45, 7) is 0.644. The van der Waals surface area contributed by atoms with Crippen molar-refractivity contribution in [2.24, 2.45) is 0 Å². The Balaban J connectivity index is 2.11. The molecule has 2 aromatic rings. The fraction of sp³-hybridized carbons (Fsp3) is 0.100. The van der Waals surface area contributed by atoms with E-state index in [1.54, 1.807) is 17.5 Å². The van der Waals surface area contributed by atoms with Crippen molar-refractivity contribution in [2.75, 3.05) is 11.1 Å². The molecule has 0 saturated carbocycles. The molecule has 0 aliphatic heterocycles. The van der Waals surface area contributed by atoms with Gasteiger partial charge in [0.15, 0.2) is 0 Å². The summed E-state index contributed by atoms with van der Waals surface area (Å²) in [4.78, 5) is 4.16. The number of nitrogens with zero attached hydrogens (tertiary/aromatic N) is 1. The summed E-state index contributed by atoms with van der Waals surface area (Å²) < 4.78 is 0. The molecular weight excluding hydrogens is 230 g/mol. The van der Waals surface area contributed by atoms with Crippen molar-refractivity contribution in [3.63, 3.8) is 0 Å². The molecule has 0 bridgehead atoms. The normalized spacial score (nSPS) is 10.2. The van der Waals surface area contributed by atoms with Gasteiger partial charge in [-0.15, -0.1) is 11.3 Å². The lowest BCUT2D eigenvalue weighted by Crippen LogP contribution is -2.02. The minimum absolute atomic E-state index is 0.631. The lowest BCUT2D eigenvalue weighted by Gasteiger charge is -2.09. The summed E-state index contributed by atoms with van der Waals surface area (Å²) in [6, 6.07) is 5.45. The van der Waals surface area contributed by atoms with Gasteiger partial charge < -0.3 is 11.1 Å². The Morgan fingerprint density at radius 3 is 3.00 bits per heavy atom. The van der Waals surface area contributed by atoms with Gasteiger partial charge in [0.05, 0.1) is 22.9 Å². The van der Waals surface area contributed by atoms with Gasteiger partial charge in [0.25, 0.3) is 0 Å².